The van der Waals surface area contributed by atoms with Gasteiger partial charge in [0.2, 0.25) is 0 Å². The van der Waals surface area contributed by atoms with Crippen LogP contribution in [0.25, 0.3) is 21.9 Å². The van der Waals surface area contributed by atoms with Gasteiger partial charge in [0, 0.05) is 13.1 Å². The van der Waals surface area contributed by atoms with Gasteiger partial charge in [-0.25, -0.2) is 4.79 Å². The first-order chi connectivity index (χ1) is 16.9. The lowest BCUT2D eigenvalue weighted by molar-refractivity contribution is -0.152. The second-order valence-electron chi connectivity index (χ2n) is 9.02. The lowest BCUT2D eigenvalue weighted by Crippen LogP contribution is -2.37. The highest BCUT2D eigenvalue weighted by Gasteiger charge is 2.29. The quantitative estimate of drug-likeness (QED) is 0.284. The van der Waals surface area contributed by atoms with Gasteiger partial charge < -0.3 is 19.2 Å². The zero-order valence-electron chi connectivity index (χ0n) is 19.6. The van der Waals surface area contributed by atoms with Crippen LogP contribution in [0.5, 0.6) is 5.75 Å². The molecule has 1 heterocycles. The molecule has 6 heteroatoms. The van der Waals surface area contributed by atoms with Crippen LogP contribution in [0.15, 0.2) is 95.4 Å². The number of hydrogen-bond donors (Lipinski definition) is 1. The lowest BCUT2D eigenvalue weighted by Gasteiger charge is -2.23. The average molecular weight is 467 g/mol. The Labute approximate surface area is 203 Å². The molecule has 0 amide bonds. The molecule has 0 fully saturated rings. The molecule has 0 bridgehead atoms. The molecule has 0 aliphatic carbocycles. The number of carboxylic acids is 1. The summed E-state index contributed by atoms with van der Waals surface area (Å²) in [6, 6.07) is 30.4. The van der Waals surface area contributed by atoms with E-state index in [2.05, 4.69) is 35.2 Å². The lowest BCUT2D eigenvalue weighted by atomic mass is 10.0. The number of nitrogens with zero attached hydrogens (tertiary/aromatic N) is 2. The van der Waals surface area contributed by atoms with Crippen molar-refractivity contribution in [2.24, 2.45) is 0 Å². The number of aliphatic carboxylic acids is 1. The molecule has 5 rings (SSSR count). The molecule has 0 radical (unpaired) electrons. The van der Waals surface area contributed by atoms with Crippen LogP contribution in [0.1, 0.15) is 25.0 Å². The third-order valence-corrected chi connectivity index (χ3v) is 5.98. The van der Waals surface area contributed by atoms with Gasteiger partial charge in [-0.1, -0.05) is 66.7 Å². The van der Waals surface area contributed by atoms with Crippen molar-refractivity contribution < 1.29 is 19.1 Å². The zero-order valence-corrected chi connectivity index (χ0v) is 19.6. The molecule has 0 unspecified atom stereocenters. The van der Waals surface area contributed by atoms with Gasteiger partial charge in [0.15, 0.2) is 11.2 Å². The summed E-state index contributed by atoms with van der Waals surface area (Å²) in [6.07, 6.45) is 0. The highest BCUT2D eigenvalue weighted by Crippen LogP contribution is 2.28. The minimum absolute atomic E-state index is 0.503. The van der Waals surface area contributed by atoms with E-state index in [0.717, 1.165) is 16.7 Å². The van der Waals surface area contributed by atoms with E-state index in [4.69, 9.17) is 14.1 Å². The largest absolute Gasteiger partial charge is 0.478 e. The third kappa shape index (κ3) is 4.82. The molecule has 176 valence electrons. The summed E-state index contributed by atoms with van der Waals surface area (Å²) < 4.78 is 11.8. The SMILES string of the molecule is CC(C)(Oc1ccc(CN(Cc2cccc3ccccc23)c2nc3ccccc3o2)cc1)C(=O)O. The average Bonchev–Trinajstić information content (AvgIpc) is 3.29. The number of carbonyl (C=O) groups is 1. The predicted octanol–water partition coefficient (Wildman–Crippen LogP) is 6.43. The van der Waals surface area contributed by atoms with E-state index < -0.39 is 11.6 Å². The topological polar surface area (TPSA) is 75.8 Å². The number of rotatable bonds is 8. The van der Waals surface area contributed by atoms with Crippen molar-refractivity contribution >= 4 is 33.9 Å². The Kier molecular flexibility index (Phi) is 5.87. The summed E-state index contributed by atoms with van der Waals surface area (Å²) >= 11 is 0. The van der Waals surface area contributed by atoms with Crippen molar-refractivity contribution in [1.82, 2.24) is 4.98 Å². The molecule has 0 saturated heterocycles. The number of hydrogen-bond acceptors (Lipinski definition) is 5. The fraction of sp³-hybridized carbons (Fsp3) is 0.172. The van der Waals surface area contributed by atoms with Crippen LogP contribution in [-0.4, -0.2) is 21.7 Å². The molecule has 0 atom stereocenters. The normalized spacial score (nSPS) is 11.6. The van der Waals surface area contributed by atoms with Gasteiger partial charge >= 0.3 is 5.97 Å². The van der Waals surface area contributed by atoms with Crippen molar-refractivity contribution in [2.75, 3.05) is 4.90 Å². The number of fused-ring (bicyclic) bond motifs is 2. The van der Waals surface area contributed by atoms with E-state index >= 15 is 0 Å². The molecular weight excluding hydrogens is 440 g/mol. The fourth-order valence-electron chi connectivity index (χ4n) is 4.04. The van der Waals surface area contributed by atoms with Crippen molar-refractivity contribution in [3.63, 3.8) is 0 Å². The Bertz CT molecular complexity index is 1450. The maximum Gasteiger partial charge on any atom is 0.347 e. The zero-order chi connectivity index (χ0) is 24.4. The van der Waals surface area contributed by atoms with Crippen LogP contribution in [0.4, 0.5) is 6.01 Å². The first kappa shape index (κ1) is 22.5. The molecule has 4 aromatic carbocycles. The van der Waals surface area contributed by atoms with Crippen molar-refractivity contribution in [3.8, 4) is 5.75 Å². The number of benzene rings is 4. The van der Waals surface area contributed by atoms with Crippen molar-refractivity contribution in [1.29, 1.82) is 0 Å². The van der Waals surface area contributed by atoms with Gasteiger partial charge in [-0.3, -0.25) is 0 Å². The van der Waals surface area contributed by atoms with Crippen LogP contribution in [0, 0.1) is 0 Å². The molecule has 5 aromatic rings. The maximum absolute atomic E-state index is 11.4. The van der Waals surface area contributed by atoms with Crippen LogP contribution in [0.3, 0.4) is 0 Å². The van der Waals surface area contributed by atoms with Gasteiger partial charge in [-0.05, 0) is 60.0 Å². The summed E-state index contributed by atoms with van der Waals surface area (Å²) in [5.74, 6) is -0.512. The number of anilines is 1. The Morgan fingerprint density at radius 3 is 2.40 bits per heavy atom. The predicted molar refractivity (Wildman–Crippen MR) is 137 cm³/mol. The van der Waals surface area contributed by atoms with Gasteiger partial charge in [-0.2, -0.15) is 4.98 Å². The Morgan fingerprint density at radius 1 is 0.914 bits per heavy atom. The van der Waals surface area contributed by atoms with Crippen LogP contribution >= 0.6 is 0 Å². The van der Waals surface area contributed by atoms with Crippen molar-refractivity contribution in [3.05, 3.63) is 102 Å². The molecule has 0 spiro atoms. The summed E-state index contributed by atoms with van der Waals surface area (Å²) in [6.45, 7) is 4.22. The monoisotopic (exact) mass is 466 g/mol. The second-order valence-corrected chi connectivity index (χ2v) is 9.02. The minimum atomic E-state index is -1.31. The van der Waals surface area contributed by atoms with Crippen LogP contribution in [0.2, 0.25) is 0 Å². The minimum Gasteiger partial charge on any atom is -0.478 e. The molecule has 0 saturated carbocycles. The Balaban J connectivity index is 1.46. The van der Waals surface area contributed by atoms with Gasteiger partial charge in [0.05, 0.1) is 0 Å². The number of oxazole rings is 1. The molecule has 35 heavy (non-hydrogen) atoms. The standard InChI is InChI=1S/C29H26N2O4/c1-29(2,27(32)33)35-23-16-14-20(15-17-23)18-31(28-30-25-12-5-6-13-26(25)34-28)19-22-10-7-9-21-8-3-4-11-24(21)22/h3-17H,18-19H2,1-2H3,(H,32,33). The van der Waals surface area contributed by atoms with E-state index in [9.17, 15) is 9.90 Å². The smallest absolute Gasteiger partial charge is 0.347 e. The van der Waals surface area contributed by atoms with E-state index in [1.807, 2.05) is 48.5 Å². The first-order valence-electron chi connectivity index (χ1n) is 11.5. The molecule has 6 nitrogen and oxygen atoms in total. The highest BCUT2D eigenvalue weighted by molar-refractivity contribution is 5.86. The van der Waals surface area contributed by atoms with Crippen LogP contribution in [-0.2, 0) is 17.9 Å². The molecule has 1 aromatic heterocycles. The first-order valence-corrected chi connectivity index (χ1v) is 11.5. The van der Waals surface area contributed by atoms with E-state index in [1.165, 1.54) is 30.2 Å². The van der Waals surface area contributed by atoms with E-state index in [1.54, 1.807) is 12.1 Å². The third-order valence-electron chi connectivity index (χ3n) is 5.98. The number of ether oxygens (including phenoxy) is 1. The second kappa shape index (κ2) is 9.14. The van der Waals surface area contributed by atoms with E-state index in [-0.39, 0.29) is 0 Å². The Morgan fingerprint density at radius 2 is 1.63 bits per heavy atom. The van der Waals surface area contributed by atoms with Crippen molar-refractivity contribution in [2.45, 2.75) is 32.5 Å². The molecule has 0 aliphatic rings. The van der Waals surface area contributed by atoms with Crippen LogP contribution < -0.4 is 9.64 Å². The van der Waals surface area contributed by atoms with E-state index in [0.29, 0.717) is 24.9 Å². The summed E-state index contributed by atoms with van der Waals surface area (Å²) in [5, 5.41) is 11.7. The summed E-state index contributed by atoms with van der Waals surface area (Å²) in [4.78, 5) is 18.2. The maximum atomic E-state index is 11.4. The summed E-state index contributed by atoms with van der Waals surface area (Å²) in [5.41, 5.74) is 2.44. The molecule has 1 N–H and O–H groups in total. The molecule has 0 aliphatic heterocycles. The number of carboxylic acid groups (broad SMARTS) is 1. The summed E-state index contributed by atoms with van der Waals surface area (Å²) in [7, 11) is 0. The van der Waals surface area contributed by atoms with Gasteiger partial charge in [0.1, 0.15) is 11.3 Å². The van der Waals surface area contributed by atoms with Gasteiger partial charge in [0.25, 0.3) is 6.01 Å². The Hall–Kier alpha value is -4.32. The number of para-hydroxylation sites is 2. The molecular formula is C29H26N2O4. The van der Waals surface area contributed by atoms with Gasteiger partial charge in [-0.15, -0.1) is 0 Å². The highest BCUT2D eigenvalue weighted by atomic mass is 16.5. The number of aromatic nitrogens is 1. The fourth-order valence-corrected chi connectivity index (χ4v) is 4.04.